The van der Waals surface area contributed by atoms with Crippen LogP contribution in [0.1, 0.15) is 32.5 Å². The number of methoxy groups -OCH3 is 2. The van der Waals surface area contributed by atoms with Crippen molar-refractivity contribution in [3.05, 3.63) is 44.6 Å². The Kier molecular flexibility index (Phi) is 3.39. The number of ether oxygens (including phenoxy) is 2. The summed E-state index contributed by atoms with van der Waals surface area (Å²) in [4.78, 5) is 5.60. The fourth-order valence-electron chi connectivity index (χ4n) is 3.91. The van der Waals surface area contributed by atoms with Gasteiger partial charge in [0.1, 0.15) is 11.5 Å². The van der Waals surface area contributed by atoms with E-state index in [1.165, 1.54) is 28.0 Å². The minimum Gasteiger partial charge on any atom is -0.496 e. The van der Waals surface area contributed by atoms with Crippen molar-refractivity contribution >= 4 is 11.3 Å². The van der Waals surface area contributed by atoms with E-state index in [0.29, 0.717) is 6.04 Å². The summed E-state index contributed by atoms with van der Waals surface area (Å²) in [5, 5.41) is 0. The second kappa shape index (κ2) is 5.28. The van der Waals surface area contributed by atoms with E-state index >= 15 is 0 Å². The fraction of sp³-hybridized carbons (Fsp3) is 0.444. The lowest BCUT2D eigenvalue weighted by Gasteiger charge is -2.41. The monoisotopic (exact) mass is 315 g/mol. The summed E-state index contributed by atoms with van der Waals surface area (Å²) in [5.41, 5.74) is 4.15. The van der Waals surface area contributed by atoms with Crippen LogP contribution < -0.4 is 9.47 Å². The van der Waals surface area contributed by atoms with Gasteiger partial charge in [-0.2, -0.15) is 0 Å². The van der Waals surface area contributed by atoms with Crippen molar-refractivity contribution in [1.29, 1.82) is 0 Å². The molecule has 0 bridgehead atoms. The Hall–Kier alpha value is -1.52. The van der Waals surface area contributed by atoms with Crippen LogP contribution in [-0.4, -0.2) is 25.7 Å². The second-order valence-corrected chi connectivity index (χ2v) is 7.44. The Balaban J connectivity index is 1.81. The van der Waals surface area contributed by atoms with Gasteiger partial charge in [0, 0.05) is 40.0 Å². The number of fused-ring (bicyclic) bond motifs is 4. The fourth-order valence-corrected chi connectivity index (χ4v) is 4.99. The van der Waals surface area contributed by atoms with Gasteiger partial charge in [-0.1, -0.05) is 0 Å². The van der Waals surface area contributed by atoms with Gasteiger partial charge in [0.15, 0.2) is 0 Å². The van der Waals surface area contributed by atoms with E-state index in [4.69, 9.17) is 9.47 Å². The van der Waals surface area contributed by atoms with Crippen LogP contribution in [-0.2, 0) is 19.4 Å². The van der Waals surface area contributed by atoms with Crippen LogP contribution >= 0.6 is 11.3 Å². The van der Waals surface area contributed by atoms with Crippen LogP contribution in [0.3, 0.4) is 0 Å². The molecular formula is C18H21NO2S. The maximum absolute atomic E-state index is 5.61. The van der Waals surface area contributed by atoms with E-state index in [2.05, 4.69) is 17.9 Å². The smallest absolute Gasteiger partial charge is 0.123 e. The average molecular weight is 315 g/mol. The Morgan fingerprint density at radius 1 is 1.14 bits per heavy atom. The van der Waals surface area contributed by atoms with Gasteiger partial charge >= 0.3 is 0 Å². The molecule has 0 saturated heterocycles. The summed E-state index contributed by atoms with van der Waals surface area (Å²) < 4.78 is 11.2. The minimum absolute atomic E-state index is 0.488. The molecule has 0 amide bonds. The van der Waals surface area contributed by atoms with Gasteiger partial charge < -0.3 is 9.47 Å². The molecular weight excluding hydrogens is 294 g/mol. The van der Waals surface area contributed by atoms with Gasteiger partial charge in [0.05, 0.1) is 14.2 Å². The Bertz CT molecular complexity index is 722. The number of rotatable bonds is 2. The summed E-state index contributed by atoms with van der Waals surface area (Å²) in [6.45, 7) is 4.31. The van der Waals surface area contributed by atoms with Crippen molar-refractivity contribution in [3.8, 4) is 11.5 Å². The first-order chi connectivity index (χ1) is 10.7. The lowest BCUT2D eigenvalue weighted by molar-refractivity contribution is 0.158. The van der Waals surface area contributed by atoms with Gasteiger partial charge in [-0.3, -0.25) is 4.90 Å². The normalized spacial score (nSPS) is 20.0. The first-order valence-electron chi connectivity index (χ1n) is 7.77. The molecule has 2 aliphatic heterocycles. The van der Waals surface area contributed by atoms with Crippen LogP contribution in [0.25, 0.3) is 0 Å². The molecule has 3 nitrogen and oxygen atoms in total. The van der Waals surface area contributed by atoms with E-state index in [9.17, 15) is 0 Å². The lowest BCUT2D eigenvalue weighted by atomic mass is 9.86. The van der Waals surface area contributed by atoms with Crippen LogP contribution in [0, 0.1) is 6.92 Å². The van der Waals surface area contributed by atoms with Crippen molar-refractivity contribution in [2.24, 2.45) is 0 Å². The van der Waals surface area contributed by atoms with Crippen molar-refractivity contribution in [1.82, 2.24) is 4.90 Å². The molecule has 116 valence electrons. The summed E-state index contributed by atoms with van der Waals surface area (Å²) in [6, 6.07) is 6.94. The van der Waals surface area contributed by atoms with Gasteiger partial charge in [0.2, 0.25) is 0 Å². The number of hydrogen-bond acceptors (Lipinski definition) is 4. The highest BCUT2D eigenvalue weighted by molar-refractivity contribution is 7.12. The van der Waals surface area contributed by atoms with Crippen molar-refractivity contribution in [2.75, 3.05) is 20.8 Å². The number of aryl methyl sites for hydroxylation is 1. The molecule has 2 aliphatic rings. The maximum Gasteiger partial charge on any atom is 0.123 e. The molecule has 0 radical (unpaired) electrons. The van der Waals surface area contributed by atoms with Crippen molar-refractivity contribution in [2.45, 2.75) is 32.4 Å². The maximum atomic E-state index is 5.61. The Labute approximate surface area is 135 Å². The molecule has 4 heteroatoms. The molecule has 0 saturated carbocycles. The first-order valence-corrected chi connectivity index (χ1v) is 8.59. The molecule has 0 unspecified atom stereocenters. The molecule has 1 aromatic heterocycles. The summed E-state index contributed by atoms with van der Waals surface area (Å²) in [5.74, 6) is 1.98. The molecule has 0 spiro atoms. The van der Waals surface area contributed by atoms with Crippen molar-refractivity contribution in [3.63, 3.8) is 0 Å². The molecule has 22 heavy (non-hydrogen) atoms. The van der Waals surface area contributed by atoms with E-state index < -0.39 is 0 Å². The Morgan fingerprint density at radius 3 is 2.59 bits per heavy atom. The highest BCUT2D eigenvalue weighted by Gasteiger charge is 2.35. The number of thiophene rings is 1. The third-order valence-electron chi connectivity index (χ3n) is 4.93. The number of benzene rings is 1. The topological polar surface area (TPSA) is 21.7 Å². The zero-order chi connectivity index (χ0) is 15.3. The summed E-state index contributed by atoms with van der Waals surface area (Å²) in [7, 11) is 3.51. The highest BCUT2D eigenvalue weighted by atomic mass is 32.1. The third kappa shape index (κ3) is 2.05. The number of nitrogens with zero attached hydrogens (tertiary/aromatic N) is 1. The summed E-state index contributed by atoms with van der Waals surface area (Å²) >= 11 is 1.96. The molecule has 3 heterocycles. The predicted molar refractivity (Wildman–Crippen MR) is 89.2 cm³/mol. The largest absolute Gasteiger partial charge is 0.496 e. The molecule has 1 aromatic carbocycles. The van der Waals surface area contributed by atoms with Gasteiger partial charge in [-0.15, -0.1) is 11.3 Å². The SMILES string of the molecule is COc1ccc(OC)c2c1C[C@H]1c3cc(C)sc3CCN1C2. The number of hydrogen-bond donors (Lipinski definition) is 0. The summed E-state index contributed by atoms with van der Waals surface area (Å²) in [6.07, 6.45) is 2.19. The molecule has 1 atom stereocenters. The van der Waals surface area contributed by atoms with Crippen LogP contribution in [0.5, 0.6) is 11.5 Å². The van der Waals surface area contributed by atoms with Crippen molar-refractivity contribution < 1.29 is 9.47 Å². The molecule has 0 N–H and O–H groups in total. The zero-order valence-electron chi connectivity index (χ0n) is 13.3. The Morgan fingerprint density at radius 2 is 1.86 bits per heavy atom. The first kappa shape index (κ1) is 14.1. The third-order valence-corrected chi connectivity index (χ3v) is 6.06. The standard InChI is InChI=1S/C18H21NO2S/c1-11-8-13-15-9-12-14(10-19(15)7-6-18(13)22-11)17(21-3)5-4-16(12)20-2/h4-5,8,15H,6-7,9-10H2,1-3H3/t15-/m0/s1. The van der Waals surface area contributed by atoms with E-state index in [0.717, 1.165) is 31.0 Å². The molecule has 4 rings (SSSR count). The highest BCUT2D eigenvalue weighted by Crippen LogP contribution is 2.45. The minimum atomic E-state index is 0.488. The molecule has 0 fully saturated rings. The lowest BCUT2D eigenvalue weighted by Crippen LogP contribution is -2.39. The van der Waals surface area contributed by atoms with E-state index in [-0.39, 0.29) is 0 Å². The van der Waals surface area contributed by atoms with E-state index in [1.807, 2.05) is 23.5 Å². The van der Waals surface area contributed by atoms with Crippen LogP contribution in [0.2, 0.25) is 0 Å². The van der Waals surface area contributed by atoms with Crippen LogP contribution in [0.4, 0.5) is 0 Å². The second-order valence-electron chi connectivity index (χ2n) is 6.10. The zero-order valence-corrected chi connectivity index (χ0v) is 14.1. The quantitative estimate of drug-likeness (QED) is 0.843. The molecule has 2 aromatic rings. The van der Waals surface area contributed by atoms with E-state index in [1.54, 1.807) is 19.1 Å². The van der Waals surface area contributed by atoms with Gasteiger partial charge in [-0.05, 0) is 43.5 Å². The predicted octanol–water partition coefficient (Wildman–Crippen LogP) is 3.73. The molecule has 0 aliphatic carbocycles. The van der Waals surface area contributed by atoms with Crippen LogP contribution in [0.15, 0.2) is 18.2 Å². The average Bonchev–Trinajstić information content (AvgIpc) is 2.92. The van der Waals surface area contributed by atoms with Gasteiger partial charge in [0.25, 0.3) is 0 Å². The van der Waals surface area contributed by atoms with Gasteiger partial charge in [-0.25, -0.2) is 0 Å².